The van der Waals surface area contributed by atoms with Crippen LogP contribution in [-0.2, 0) is 16.2 Å². The van der Waals surface area contributed by atoms with Gasteiger partial charge in [0.15, 0.2) is 6.61 Å². The summed E-state index contributed by atoms with van der Waals surface area (Å²) in [6, 6.07) is 22.0. The number of aryl methyl sites for hydroxylation is 1. The van der Waals surface area contributed by atoms with Gasteiger partial charge in [0.1, 0.15) is 11.5 Å². The Morgan fingerprint density at radius 2 is 1.84 bits per heavy atom. The monoisotopic (exact) mass is 498 g/mol. The molecule has 5 rings (SSSR count). The van der Waals surface area contributed by atoms with Crippen molar-refractivity contribution >= 4 is 23.2 Å². The number of methoxy groups -OCH3 is 1. The van der Waals surface area contributed by atoms with E-state index in [4.69, 9.17) is 13.9 Å². The maximum atomic E-state index is 12.9. The molecule has 4 aromatic rings. The topological polar surface area (TPSA) is 107 Å². The summed E-state index contributed by atoms with van der Waals surface area (Å²) < 4.78 is 16.7. The molecule has 1 N–H and O–H groups in total. The number of carbonyl (C=O) groups is 2. The van der Waals surface area contributed by atoms with Gasteiger partial charge < -0.3 is 24.1 Å². The van der Waals surface area contributed by atoms with Crippen LogP contribution < -0.4 is 19.7 Å². The number of nitrogens with zero attached hydrogens (tertiary/aromatic N) is 3. The highest BCUT2D eigenvalue weighted by Crippen LogP contribution is 2.27. The number of ether oxygens (including phenoxy) is 2. The molecule has 9 heteroatoms. The first-order chi connectivity index (χ1) is 18.0. The lowest BCUT2D eigenvalue weighted by Crippen LogP contribution is -2.28. The van der Waals surface area contributed by atoms with Crippen LogP contribution in [0.3, 0.4) is 0 Å². The summed E-state index contributed by atoms with van der Waals surface area (Å²) in [4.78, 5) is 27.1. The molecule has 188 valence electrons. The third-order valence-corrected chi connectivity index (χ3v) is 6.11. The third-order valence-electron chi connectivity index (χ3n) is 6.11. The lowest BCUT2D eigenvalue weighted by molar-refractivity contribution is -0.122. The van der Waals surface area contributed by atoms with Gasteiger partial charge in [-0.15, -0.1) is 10.2 Å². The van der Waals surface area contributed by atoms with Crippen LogP contribution in [0.15, 0.2) is 77.2 Å². The lowest BCUT2D eigenvalue weighted by atomic mass is 10.1. The van der Waals surface area contributed by atoms with Crippen LogP contribution in [0, 0.1) is 12.8 Å². The normalized spacial score (nSPS) is 15.0. The summed E-state index contributed by atoms with van der Waals surface area (Å²) >= 11 is 0. The van der Waals surface area contributed by atoms with Gasteiger partial charge >= 0.3 is 0 Å². The van der Waals surface area contributed by atoms with Crippen LogP contribution in [0.1, 0.15) is 17.9 Å². The Bertz CT molecular complexity index is 1400. The van der Waals surface area contributed by atoms with Crippen molar-refractivity contribution in [2.75, 3.05) is 23.9 Å². The Balaban J connectivity index is 1.17. The third kappa shape index (κ3) is 5.61. The van der Waals surface area contributed by atoms with Gasteiger partial charge in [0.2, 0.25) is 17.7 Å². The van der Waals surface area contributed by atoms with Gasteiger partial charge in [-0.2, -0.15) is 0 Å². The van der Waals surface area contributed by atoms with Gasteiger partial charge in [0, 0.05) is 36.0 Å². The van der Waals surface area contributed by atoms with Crippen LogP contribution in [0.4, 0.5) is 11.4 Å². The van der Waals surface area contributed by atoms with Gasteiger partial charge in [-0.1, -0.05) is 23.8 Å². The number of rotatable bonds is 8. The number of hydrogen-bond acceptors (Lipinski definition) is 7. The molecule has 0 bridgehead atoms. The second-order valence-corrected chi connectivity index (χ2v) is 8.78. The predicted molar refractivity (Wildman–Crippen MR) is 137 cm³/mol. The van der Waals surface area contributed by atoms with E-state index in [1.54, 1.807) is 36.3 Å². The fourth-order valence-electron chi connectivity index (χ4n) is 4.07. The van der Waals surface area contributed by atoms with Crippen molar-refractivity contribution < 1.29 is 23.5 Å². The van der Waals surface area contributed by atoms with Crippen molar-refractivity contribution in [3.63, 3.8) is 0 Å². The van der Waals surface area contributed by atoms with Crippen LogP contribution in [-0.4, -0.2) is 35.7 Å². The van der Waals surface area contributed by atoms with Crippen LogP contribution in [0.25, 0.3) is 11.5 Å². The predicted octanol–water partition coefficient (Wildman–Crippen LogP) is 4.62. The first-order valence-corrected chi connectivity index (χ1v) is 11.9. The number of nitrogens with one attached hydrogen (secondary N) is 1. The lowest BCUT2D eigenvalue weighted by Gasteiger charge is -2.17. The van der Waals surface area contributed by atoms with E-state index >= 15 is 0 Å². The number of benzene rings is 3. The Labute approximate surface area is 214 Å². The van der Waals surface area contributed by atoms with Crippen LogP contribution in [0.2, 0.25) is 0 Å². The smallest absolute Gasteiger partial charge is 0.254 e. The number of aromatic nitrogens is 2. The Morgan fingerprint density at radius 3 is 2.59 bits per heavy atom. The molecular formula is C28H26N4O5. The molecule has 1 fully saturated rings. The van der Waals surface area contributed by atoms with Crippen molar-refractivity contribution in [3.8, 4) is 23.0 Å². The van der Waals surface area contributed by atoms with Crippen LogP contribution >= 0.6 is 0 Å². The molecule has 0 unspecified atom stereocenters. The summed E-state index contributed by atoms with van der Waals surface area (Å²) in [5.41, 5.74) is 3.27. The van der Waals surface area contributed by atoms with E-state index in [1.165, 1.54) is 0 Å². The molecule has 2 heterocycles. The molecule has 0 spiro atoms. The zero-order valence-corrected chi connectivity index (χ0v) is 20.5. The van der Waals surface area contributed by atoms with Gasteiger partial charge in [-0.25, -0.2) is 0 Å². The second-order valence-electron chi connectivity index (χ2n) is 8.78. The number of anilines is 2. The van der Waals surface area contributed by atoms with E-state index in [-0.39, 0.29) is 24.8 Å². The maximum Gasteiger partial charge on any atom is 0.254 e. The Kier molecular flexibility index (Phi) is 6.85. The zero-order chi connectivity index (χ0) is 25.8. The fourth-order valence-corrected chi connectivity index (χ4v) is 4.07. The van der Waals surface area contributed by atoms with E-state index < -0.39 is 5.92 Å². The first-order valence-electron chi connectivity index (χ1n) is 11.9. The average molecular weight is 499 g/mol. The van der Waals surface area contributed by atoms with Crippen molar-refractivity contribution in [3.05, 3.63) is 84.3 Å². The molecule has 2 amide bonds. The zero-order valence-electron chi connectivity index (χ0n) is 20.5. The van der Waals surface area contributed by atoms with Crippen LogP contribution in [0.5, 0.6) is 11.5 Å². The summed E-state index contributed by atoms with van der Waals surface area (Å²) in [7, 11) is 1.60. The summed E-state index contributed by atoms with van der Waals surface area (Å²) in [6.07, 6.45) is 0.170. The summed E-state index contributed by atoms with van der Waals surface area (Å²) in [6.45, 7) is 2.41. The standard InChI is InChI=1S/C28H26N4O5/c1-18-6-10-22(11-7-18)32-16-20(14-26(32)33)27(34)29-21-4-3-5-24(15-21)36-17-25-30-31-28(37-25)19-8-12-23(35-2)13-9-19/h3-13,15,20H,14,16-17H2,1-2H3,(H,29,34)/t20-/m0/s1. The molecule has 1 atom stereocenters. The summed E-state index contributed by atoms with van der Waals surface area (Å²) in [5.74, 6) is 1.27. The molecule has 1 aliphatic rings. The molecule has 0 aliphatic carbocycles. The molecule has 37 heavy (non-hydrogen) atoms. The van der Waals surface area contributed by atoms with Crippen molar-refractivity contribution in [1.82, 2.24) is 10.2 Å². The molecule has 1 aliphatic heterocycles. The van der Waals surface area contributed by atoms with E-state index in [9.17, 15) is 9.59 Å². The van der Waals surface area contributed by atoms with Gasteiger partial charge in [-0.3, -0.25) is 9.59 Å². The van der Waals surface area contributed by atoms with E-state index in [2.05, 4.69) is 15.5 Å². The van der Waals surface area contributed by atoms with Crippen molar-refractivity contribution in [2.45, 2.75) is 20.0 Å². The number of carbonyl (C=O) groups excluding carboxylic acids is 2. The summed E-state index contributed by atoms with van der Waals surface area (Å²) in [5, 5.41) is 11.0. The minimum absolute atomic E-state index is 0.0605. The SMILES string of the molecule is COc1ccc(-c2nnc(COc3cccc(NC(=O)[C@H]4CC(=O)N(c5ccc(C)cc5)C4)c3)o2)cc1. The van der Waals surface area contributed by atoms with Gasteiger partial charge in [0.05, 0.1) is 13.0 Å². The fraction of sp³-hybridized carbons (Fsp3) is 0.214. The Hall–Kier alpha value is -4.66. The quantitative estimate of drug-likeness (QED) is 0.378. The largest absolute Gasteiger partial charge is 0.497 e. The van der Waals surface area contributed by atoms with Crippen molar-refractivity contribution in [1.29, 1.82) is 0 Å². The Morgan fingerprint density at radius 1 is 1.05 bits per heavy atom. The van der Waals surface area contributed by atoms with Gasteiger partial charge in [-0.05, 0) is 55.5 Å². The molecule has 9 nitrogen and oxygen atoms in total. The van der Waals surface area contributed by atoms with E-state index in [0.717, 1.165) is 22.6 Å². The molecule has 0 saturated carbocycles. The minimum Gasteiger partial charge on any atom is -0.497 e. The highest BCUT2D eigenvalue weighted by molar-refractivity contribution is 6.03. The average Bonchev–Trinajstić information content (AvgIpc) is 3.55. The second kappa shape index (κ2) is 10.5. The highest BCUT2D eigenvalue weighted by Gasteiger charge is 2.35. The molecule has 3 aromatic carbocycles. The molecular weight excluding hydrogens is 472 g/mol. The van der Waals surface area contributed by atoms with E-state index in [1.807, 2.05) is 55.5 Å². The highest BCUT2D eigenvalue weighted by atomic mass is 16.5. The molecule has 1 aromatic heterocycles. The van der Waals surface area contributed by atoms with Crippen molar-refractivity contribution in [2.24, 2.45) is 5.92 Å². The van der Waals surface area contributed by atoms with Gasteiger partial charge in [0.25, 0.3) is 5.89 Å². The van der Waals surface area contributed by atoms with E-state index in [0.29, 0.717) is 29.8 Å². The molecule has 0 radical (unpaired) electrons. The molecule has 1 saturated heterocycles. The first kappa shape index (κ1) is 24.1. The number of hydrogen-bond donors (Lipinski definition) is 1. The number of amides is 2. The maximum absolute atomic E-state index is 12.9. The minimum atomic E-state index is -0.437.